The minimum Gasteiger partial charge on any atom is -0.302 e. The molecule has 0 amide bonds. The quantitative estimate of drug-likeness (QED) is 0.784. The van der Waals surface area contributed by atoms with E-state index >= 15 is 0 Å². The highest BCUT2D eigenvalue weighted by molar-refractivity contribution is 7.05. The third kappa shape index (κ3) is 1.70. The molecule has 0 aromatic carbocycles. The van der Waals surface area contributed by atoms with Crippen LogP contribution in [0.5, 0.6) is 0 Å². The van der Waals surface area contributed by atoms with Gasteiger partial charge in [0.25, 0.3) is 0 Å². The monoisotopic (exact) mass is 223 g/mol. The second-order valence-electron chi connectivity index (χ2n) is 4.71. The Kier molecular flexibility index (Phi) is 2.48. The van der Waals surface area contributed by atoms with E-state index in [1.54, 1.807) is 11.5 Å². The lowest BCUT2D eigenvalue weighted by atomic mass is 9.93. The molecule has 0 radical (unpaired) electrons. The lowest BCUT2D eigenvalue weighted by molar-refractivity contribution is 0.346. The Morgan fingerprint density at radius 3 is 3.07 bits per heavy atom. The van der Waals surface area contributed by atoms with E-state index in [9.17, 15) is 0 Å². The molecule has 2 aliphatic rings. The Morgan fingerprint density at radius 2 is 2.40 bits per heavy atom. The molecule has 3 heterocycles. The molecular formula is C11H17N3S. The maximum absolute atomic E-state index is 4.68. The molecule has 2 saturated heterocycles. The van der Waals surface area contributed by atoms with Crippen LogP contribution in [0, 0.1) is 5.92 Å². The maximum atomic E-state index is 4.68. The Balaban J connectivity index is 1.75. The van der Waals surface area contributed by atoms with Crippen LogP contribution >= 0.6 is 11.5 Å². The number of aryl methyl sites for hydroxylation is 1. The summed E-state index contributed by atoms with van der Waals surface area (Å²) in [7, 11) is 0. The van der Waals surface area contributed by atoms with Crippen molar-refractivity contribution in [3.05, 3.63) is 10.8 Å². The third-order valence-electron chi connectivity index (χ3n) is 3.61. The fourth-order valence-corrected chi connectivity index (χ4v) is 3.69. The molecule has 0 N–H and O–H groups in total. The van der Waals surface area contributed by atoms with Gasteiger partial charge >= 0.3 is 0 Å². The maximum Gasteiger partial charge on any atom is 0.142 e. The van der Waals surface area contributed by atoms with Crippen LogP contribution in [0.2, 0.25) is 0 Å². The molecule has 1 aromatic heterocycles. The van der Waals surface area contributed by atoms with Crippen LogP contribution in [0.3, 0.4) is 0 Å². The summed E-state index contributed by atoms with van der Waals surface area (Å²) in [6.07, 6.45) is 3.56. The van der Waals surface area contributed by atoms with Crippen molar-refractivity contribution in [2.75, 3.05) is 19.6 Å². The Hall–Kier alpha value is -0.480. The Morgan fingerprint density at radius 1 is 1.47 bits per heavy atom. The van der Waals surface area contributed by atoms with E-state index in [1.807, 2.05) is 0 Å². The molecule has 0 saturated carbocycles. The highest BCUT2D eigenvalue weighted by atomic mass is 32.1. The van der Waals surface area contributed by atoms with Gasteiger partial charge in [-0.1, -0.05) is 6.92 Å². The molecule has 2 aliphatic heterocycles. The average Bonchev–Trinajstić information content (AvgIpc) is 2.91. The van der Waals surface area contributed by atoms with Gasteiger partial charge in [0.05, 0.1) is 0 Å². The number of rotatable bonds is 3. The summed E-state index contributed by atoms with van der Waals surface area (Å²) in [5.74, 6) is 2.63. The van der Waals surface area contributed by atoms with Gasteiger partial charge in [-0.25, -0.2) is 4.98 Å². The van der Waals surface area contributed by atoms with Crippen molar-refractivity contribution < 1.29 is 0 Å². The fourth-order valence-electron chi connectivity index (χ4n) is 2.81. The lowest BCUT2D eigenvalue weighted by Gasteiger charge is -2.19. The predicted octanol–water partition coefficient (Wildman–Crippen LogP) is 1.91. The molecule has 1 aromatic rings. The lowest BCUT2D eigenvalue weighted by Crippen LogP contribution is -2.22. The molecular weight excluding hydrogens is 206 g/mol. The van der Waals surface area contributed by atoms with Gasteiger partial charge in [-0.15, -0.1) is 0 Å². The summed E-state index contributed by atoms with van der Waals surface area (Å²) in [5.41, 5.74) is 0. The van der Waals surface area contributed by atoms with E-state index in [1.165, 1.54) is 31.1 Å². The van der Waals surface area contributed by atoms with Crippen LogP contribution < -0.4 is 0 Å². The van der Waals surface area contributed by atoms with E-state index in [2.05, 4.69) is 21.2 Å². The minimum absolute atomic E-state index is 0.696. The van der Waals surface area contributed by atoms with Gasteiger partial charge in [0.15, 0.2) is 0 Å². The van der Waals surface area contributed by atoms with Crippen molar-refractivity contribution in [2.45, 2.75) is 32.1 Å². The van der Waals surface area contributed by atoms with Crippen LogP contribution in [0.1, 0.15) is 36.5 Å². The first-order chi connectivity index (χ1) is 7.36. The highest BCUT2D eigenvalue weighted by Crippen LogP contribution is 2.40. The van der Waals surface area contributed by atoms with E-state index in [0.717, 1.165) is 24.6 Å². The minimum atomic E-state index is 0.696. The summed E-state index contributed by atoms with van der Waals surface area (Å²) in [6.45, 7) is 6.02. The molecule has 2 bridgehead atoms. The van der Waals surface area contributed by atoms with Crippen LogP contribution in [0.4, 0.5) is 0 Å². The number of aromatic nitrogens is 2. The van der Waals surface area contributed by atoms with Crippen LogP contribution in [-0.4, -0.2) is 33.9 Å². The zero-order chi connectivity index (χ0) is 10.3. The third-order valence-corrected chi connectivity index (χ3v) is 4.49. The van der Waals surface area contributed by atoms with Crippen molar-refractivity contribution in [2.24, 2.45) is 5.92 Å². The highest BCUT2D eigenvalue weighted by Gasteiger charge is 2.40. The number of fused-ring (bicyclic) bond motifs is 2. The normalized spacial score (nSPS) is 33.8. The number of nitrogens with zero attached hydrogens (tertiary/aromatic N) is 3. The number of hydrogen-bond acceptors (Lipinski definition) is 4. The summed E-state index contributed by atoms with van der Waals surface area (Å²) in [5, 5.41) is 1.30. The molecule has 3 atom stereocenters. The van der Waals surface area contributed by atoms with Crippen LogP contribution in [0.25, 0.3) is 0 Å². The van der Waals surface area contributed by atoms with Gasteiger partial charge in [0.2, 0.25) is 0 Å². The smallest absolute Gasteiger partial charge is 0.142 e. The molecule has 15 heavy (non-hydrogen) atoms. The summed E-state index contributed by atoms with van der Waals surface area (Å²) >= 11 is 1.64. The standard InChI is InChI=1S/C11H17N3S/c1-2-3-10-12-11(15-13-10)9-7-14-5-4-8(9)6-14/h8-9H,2-7H2,1H3. The molecule has 3 unspecified atom stereocenters. The van der Waals surface area contributed by atoms with Crippen molar-refractivity contribution in [3.63, 3.8) is 0 Å². The molecule has 2 fully saturated rings. The van der Waals surface area contributed by atoms with E-state index in [4.69, 9.17) is 0 Å². The van der Waals surface area contributed by atoms with Gasteiger partial charge in [-0.05, 0) is 36.8 Å². The molecule has 0 aliphatic carbocycles. The van der Waals surface area contributed by atoms with Gasteiger partial charge in [-0.2, -0.15) is 4.37 Å². The largest absolute Gasteiger partial charge is 0.302 e. The summed E-state index contributed by atoms with van der Waals surface area (Å²) < 4.78 is 4.45. The molecule has 4 heteroatoms. The van der Waals surface area contributed by atoms with Crippen molar-refractivity contribution in [1.82, 2.24) is 14.3 Å². The van der Waals surface area contributed by atoms with E-state index < -0.39 is 0 Å². The molecule has 0 spiro atoms. The zero-order valence-electron chi connectivity index (χ0n) is 9.15. The second-order valence-corrected chi connectivity index (χ2v) is 5.50. The van der Waals surface area contributed by atoms with Gasteiger partial charge in [0.1, 0.15) is 10.8 Å². The summed E-state index contributed by atoms with van der Waals surface area (Å²) in [6, 6.07) is 0. The average molecular weight is 223 g/mol. The Bertz CT molecular complexity index is 349. The van der Waals surface area contributed by atoms with Crippen molar-refractivity contribution in [1.29, 1.82) is 0 Å². The Labute approximate surface area is 94.7 Å². The molecule has 3 rings (SSSR count). The number of piperidine rings is 1. The predicted molar refractivity (Wildman–Crippen MR) is 61.2 cm³/mol. The fraction of sp³-hybridized carbons (Fsp3) is 0.818. The molecule has 82 valence electrons. The van der Waals surface area contributed by atoms with Gasteiger partial charge in [0, 0.05) is 25.4 Å². The number of hydrogen-bond donors (Lipinski definition) is 0. The first-order valence-corrected chi connectivity index (χ1v) is 6.69. The van der Waals surface area contributed by atoms with E-state index in [0.29, 0.717) is 5.92 Å². The first kappa shape index (κ1) is 9.73. The van der Waals surface area contributed by atoms with Crippen molar-refractivity contribution >= 4 is 11.5 Å². The second kappa shape index (κ2) is 3.83. The van der Waals surface area contributed by atoms with Crippen LogP contribution in [0.15, 0.2) is 0 Å². The first-order valence-electron chi connectivity index (χ1n) is 5.91. The zero-order valence-corrected chi connectivity index (χ0v) is 9.96. The van der Waals surface area contributed by atoms with E-state index in [-0.39, 0.29) is 0 Å². The SMILES string of the molecule is CCCc1nsc(C2CN3CCC2C3)n1. The van der Waals surface area contributed by atoms with Crippen molar-refractivity contribution in [3.8, 4) is 0 Å². The molecule has 3 nitrogen and oxygen atoms in total. The topological polar surface area (TPSA) is 29.0 Å². The van der Waals surface area contributed by atoms with Gasteiger partial charge in [-0.3, -0.25) is 0 Å². The van der Waals surface area contributed by atoms with Gasteiger partial charge < -0.3 is 4.90 Å². The van der Waals surface area contributed by atoms with Crippen LogP contribution in [-0.2, 0) is 6.42 Å². The summed E-state index contributed by atoms with van der Waals surface area (Å²) in [4.78, 5) is 7.25.